The van der Waals surface area contributed by atoms with Crippen molar-refractivity contribution in [1.82, 2.24) is 15.6 Å². The zero-order valence-electron chi connectivity index (χ0n) is 11.5. The molecule has 2 unspecified atom stereocenters. The Morgan fingerprint density at radius 3 is 2.89 bits per heavy atom. The van der Waals surface area contributed by atoms with Gasteiger partial charge in [0.1, 0.15) is 0 Å². The molecule has 0 aliphatic heterocycles. The molecule has 2 atom stereocenters. The average Bonchev–Trinajstić information content (AvgIpc) is 3.10. The maximum Gasteiger partial charge on any atom is 0.218 e. The number of nitrogens with zero attached hydrogens (tertiary/aromatic N) is 2. The van der Waals surface area contributed by atoms with Gasteiger partial charge in [0.25, 0.3) is 0 Å². The summed E-state index contributed by atoms with van der Waals surface area (Å²) < 4.78 is 5.21. The second kappa shape index (κ2) is 7.52. The van der Waals surface area contributed by atoms with Crippen LogP contribution in [0.2, 0.25) is 0 Å². The maximum absolute atomic E-state index is 5.21. The molecular weight excluding hydrogens is 355 g/mol. The van der Waals surface area contributed by atoms with Crippen LogP contribution in [0.25, 0.3) is 0 Å². The highest BCUT2D eigenvalue weighted by atomic mass is 127. The molecule has 106 valence electrons. The van der Waals surface area contributed by atoms with Gasteiger partial charge in [0.05, 0.1) is 7.11 Å². The van der Waals surface area contributed by atoms with Crippen LogP contribution in [0.4, 0.5) is 0 Å². The molecule has 0 aromatic carbocycles. The fraction of sp³-hybridized carbons (Fsp3) is 0.538. The molecule has 2 rings (SSSR count). The first-order valence-electron chi connectivity index (χ1n) is 6.19. The number of hydrogen-bond donors (Lipinski definition) is 2. The molecule has 1 aromatic rings. The fourth-order valence-electron chi connectivity index (χ4n) is 1.81. The van der Waals surface area contributed by atoms with E-state index in [0.717, 1.165) is 17.4 Å². The highest BCUT2D eigenvalue weighted by Crippen LogP contribution is 2.28. The Labute approximate surface area is 131 Å². The van der Waals surface area contributed by atoms with Gasteiger partial charge < -0.3 is 15.4 Å². The van der Waals surface area contributed by atoms with Crippen LogP contribution < -0.4 is 15.4 Å². The first kappa shape index (κ1) is 16.0. The Bertz CT molecular complexity index is 438. The molecule has 19 heavy (non-hydrogen) atoms. The molecule has 5 nitrogen and oxygen atoms in total. The Morgan fingerprint density at radius 2 is 2.32 bits per heavy atom. The summed E-state index contributed by atoms with van der Waals surface area (Å²) in [6.45, 7) is 2.88. The number of methoxy groups -OCH3 is 1. The molecule has 0 saturated heterocycles. The quantitative estimate of drug-likeness (QED) is 0.478. The van der Waals surface area contributed by atoms with Crippen LogP contribution in [0.15, 0.2) is 23.3 Å². The third-order valence-electron chi connectivity index (χ3n) is 3.14. The van der Waals surface area contributed by atoms with E-state index in [-0.39, 0.29) is 24.0 Å². The lowest BCUT2D eigenvalue weighted by molar-refractivity contribution is 0.392. The van der Waals surface area contributed by atoms with Crippen LogP contribution in [0, 0.1) is 5.92 Å². The van der Waals surface area contributed by atoms with Gasteiger partial charge in [0.15, 0.2) is 5.96 Å². The largest absolute Gasteiger partial charge is 0.481 e. The summed E-state index contributed by atoms with van der Waals surface area (Å²) in [4.78, 5) is 8.37. The number of rotatable bonds is 4. The van der Waals surface area contributed by atoms with Gasteiger partial charge in [-0.2, -0.15) is 0 Å². The van der Waals surface area contributed by atoms with Crippen molar-refractivity contribution >= 4 is 29.9 Å². The van der Waals surface area contributed by atoms with Gasteiger partial charge in [-0.05, 0) is 18.4 Å². The first-order chi connectivity index (χ1) is 8.74. The molecule has 1 fully saturated rings. The highest BCUT2D eigenvalue weighted by molar-refractivity contribution is 14.0. The molecule has 0 amide bonds. The molecule has 1 aliphatic carbocycles. The van der Waals surface area contributed by atoms with Crippen molar-refractivity contribution in [3.05, 3.63) is 23.9 Å². The first-order valence-corrected chi connectivity index (χ1v) is 6.19. The van der Waals surface area contributed by atoms with Crippen molar-refractivity contribution < 1.29 is 4.74 Å². The number of pyridine rings is 1. The van der Waals surface area contributed by atoms with Crippen molar-refractivity contribution in [2.24, 2.45) is 10.9 Å². The second-order valence-electron chi connectivity index (χ2n) is 4.56. The topological polar surface area (TPSA) is 58.5 Å². The minimum absolute atomic E-state index is 0. The van der Waals surface area contributed by atoms with Crippen LogP contribution in [0.1, 0.15) is 18.9 Å². The lowest BCUT2D eigenvalue weighted by Crippen LogP contribution is -2.38. The third kappa shape index (κ3) is 4.52. The third-order valence-corrected chi connectivity index (χ3v) is 3.14. The van der Waals surface area contributed by atoms with E-state index >= 15 is 0 Å². The van der Waals surface area contributed by atoms with Gasteiger partial charge in [-0.1, -0.05) is 13.0 Å². The predicted molar refractivity (Wildman–Crippen MR) is 87.1 cm³/mol. The molecular formula is C13H21IN4O. The minimum Gasteiger partial charge on any atom is -0.481 e. The van der Waals surface area contributed by atoms with E-state index in [1.807, 2.05) is 12.1 Å². The number of nitrogens with one attached hydrogen (secondary N) is 2. The second-order valence-corrected chi connectivity index (χ2v) is 4.56. The van der Waals surface area contributed by atoms with Crippen LogP contribution in [0.3, 0.4) is 0 Å². The number of aliphatic imine (C=N–C) groups is 1. The van der Waals surface area contributed by atoms with Crippen molar-refractivity contribution in [3.63, 3.8) is 0 Å². The zero-order valence-corrected chi connectivity index (χ0v) is 13.8. The SMILES string of the molecule is CN=C(NCc1cccnc1OC)NC1CC1C.I. The van der Waals surface area contributed by atoms with Gasteiger partial charge in [-0.15, -0.1) is 24.0 Å². The van der Waals surface area contributed by atoms with E-state index in [0.29, 0.717) is 18.5 Å². The van der Waals surface area contributed by atoms with E-state index in [9.17, 15) is 0 Å². The number of aromatic nitrogens is 1. The van der Waals surface area contributed by atoms with E-state index in [4.69, 9.17) is 4.74 Å². The Balaban J connectivity index is 0.00000180. The fourth-order valence-corrected chi connectivity index (χ4v) is 1.81. The minimum atomic E-state index is 0. The van der Waals surface area contributed by atoms with Gasteiger partial charge in [-0.3, -0.25) is 4.99 Å². The summed E-state index contributed by atoms with van der Waals surface area (Å²) in [5.41, 5.74) is 1.02. The van der Waals surface area contributed by atoms with Crippen LogP contribution in [-0.2, 0) is 6.54 Å². The molecule has 0 radical (unpaired) electrons. The van der Waals surface area contributed by atoms with Crippen molar-refractivity contribution in [2.75, 3.05) is 14.2 Å². The van der Waals surface area contributed by atoms with E-state index < -0.39 is 0 Å². The zero-order chi connectivity index (χ0) is 13.0. The van der Waals surface area contributed by atoms with Crippen LogP contribution in [-0.4, -0.2) is 31.1 Å². The molecule has 0 bridgehead atoms. The average molecular weight is 376 g/mol. The van der Waals surface area contributed by atoms with Gasteiger partial charge in [-0.25, -0.2) is 4.98 Å². The summed E-state index contributed by atoms with van der Waals surface area (Å²) in [5, 5.41) is 6.65. The Kier molecular flexibility index (Phi) is 6.33. The van der Waals surface area contributed by atoms with Gasteiger partial charge >= 0.3 is 0 Å². The van der Waals surface area contributed by atoms with E-state index in [1.165, 1.54) is 6.42 Å². The molecule has 1 aliphatic rings. The molecule has 2 N–H and O–H groups in total. The number of hydrogen-bond acceptors (Lipinski definition) is 3. The molecule has 0 spiro atoms. The number of ether oxygens (including phenoxy) is 1. The van der Waals surface area contributed by atoms with Gasteiger partial charge in [0, 0.05) is 31.4 Å². The van der Waals surface area contributed by atoms with E-state index in [1.54, 1.807) is 20.4 Å². The Morgan fingerprint density at radius 1 is 1.58 bits per heavy atom. The van der Waals surface area contributed by atoms with Crippen LogP contribution in [0.5, 0.6) is 5.88 Å². The monoisotopic (exact) mass is 376 g/mol. The molecule has 1 heterocycles. The molecule has 6 heteroatoms. The summed E-state index contributed by atoms with van der Waals surface area (Å²) in [6.07, 6.45) is 2.94. The lowest BCUT2D eigenvalue weighted by atomic mass is 10.2. The van der Waals surface area contributed by atoms with E-state index in [2.05, 4.69) is 27.5 Å². The summed E-state index contributed by atoms with van der Waals surface area (Å²) in [6, 6.07) is 4.46. The van der Waals surface area contributed by atoms with Crippen molar-refractivity contribution in [3.8, 4) is 5.88 Å². The molecule has 1 saturated carbocycles. The number of halogens is 1. The summed E-state index contributed by atoms with van der Waals surface area (Å²) in [7, 11) is 3.41. The molecule has 1 aromatic heterocycles. The maximum atomic E-state index is 5.21. The normalized spacial score (nSPS) is 21.3. The predicted octanol–water partition coefficient (Wildman–Crippen LogP) is 1.78. The lowest BCUT2D eigenvalue weighted by Gasteiger charge is -2.12. The standard InChI is InChI=1S/C13H20N4O.HI/c1-9-7-11(9)17-13(14-2)16-8-10-5-4-6-15-12(10)18-3;/h4-6,9,11H,7-8H2,1-3H3,(H2,14,16,17);1H. The van der Waals surface area contributed by atoms with Crippen molar-refractivity contribution in [2.45, 2.75) is 25.9 Å². The highest BCUT2D eigenvalue weighted by Gasteiger charge is 2.33. The Hall–Kier alpha value is -1.05. The van der Waals surface area contributed by atoms with Gasteiger partial charge in [0.2, 0.25) is 5.88 Å². The smallest absolute Gasteiger partial charge is 0.218 e. The summed E-state index contributed by atoms with van der Waals surface area (Å²) >= 11 is 0. The van der Waals surface area contributed by atoms with Crippen LogP contribution >= 0.6 is 24.0 Å². The summed E-state index contributed by atoms with van der Waals surface area (Å²) in [5.74, 6) is 2.23. The number of guanidine groups is 1. The van der Waals surface area contributed by atoms with Crippen molar-refractivity contribution in [1.29, 1.82) is 0 Å².